The zero-order valence-corrected chi connectivity index (χ0v) is 42.3. The van der Waals surface area contributed by atoms with E-state index in [0.717, 1.165) is 36.8 Å². The summed E-state index contributed by atoms with van der Waals surface area (Å²) in [5, 5.41) is 12.7. The lowest BCUT2D eigenvalue weighted by Gasteiger charge is -2.40. The molecule has 0 spiro atoms. The number of ketones is 1. The van der Waals surface area contributed by atoms with Crippen LogP contribution in [0.2, 0.25) is 0 Å². The Labute approximate surface area is 402 Å². The van der Waals surface area contributed by atoms with E-state index in [9.17, 15) is 28.8 Å². The number of aliphatic imine (C=N–C) groups is 1. The zero-order chi connectivity index (χ0) is 49.6. The van der Waals surface area contributed by atoms with Crippen LogP contribution in [0.25, 0.3) is 0 Å². The Morgan fingerprint density at radius 2 is 1.37 bits per heavy atom. The molecule has 0 radical (unpaired) electrons. The summed E-state index contributed by atoms with van der Waals surface area (Å²) in [5.41, 5.74) is 4.56. The number of likely N-dealkylation sites (N-methyl/N-ethyl adjacent to an activating group) is 1. The Balaban J connectivity index is 0.000000573. The highest BCUT2D eigenvalue weighted by atomic mass is 16.2. The van der Waals surface area contributed by atoms with Gasteiger partial charge in [-0.15, -0.1) is 0 Å². The van der Waals surface area contributed by atoms with Gasteiger partial charge in [-0.25, -0.2) is 5.01 Å². The summed E-state index contributed by atoms with van der Waals surface area (Å²) in [4.78, 5) is 82.5. The van der Waals surface area contributed by atoms with Gasteiger partial charge in [0.05, 0.1) is 6.54 Å². The first-order valence-corrected chi connectivity index (χ1v) is 24.9. The summed E-state index contributed by atoms with van der Waals surface area (Å²) in [6.07, 6.45) is 17.9. The first-order valence-electron chi connectivity index (χ1n) is 24.9. The quantitative estimate of drug-likeness (QED) is 0.0505. The van der Waals surface area contributed by atoms with E-state index in [0.29, 0.717) is 44.7 Å². The zero-order valence-electron chi connectivity index (χ0n) is 42.3. The number of Topliss-reactive ketones (excluding diaryl/α,β-unsaturated/α-hetero) is 1. The van der Waals surface area contributed by atoms with Gasteiger partial charge in [0.25, 0.3) is 5.91 Å². The molecule has 3 aliphatic rings. The maximum absolute atomic E-state index is 14.1. The fourth-order valence-corrected chi connectivity index (χ4v) is 8.09. The molecule has 5 N–H and O–H groups in total. The van der Waals surface area contributed by atoms with Crippen molar-refractivity contribution >= 4 is 41.5 Å². The number of hydrogen-bond acceptors (Lipinski definition) is 9. The number of carbonyl (C=O) groups is 6. The van der Waals surface area contributed by atoms with Crippen molar-refractivity contribution in [2.24, 2.45) is 16.3 Å². The summed E-state index contributed by atoms with van der Waals surface area (Å²) in [6.45, 7) is 19.5. The van der Waals surface area contributed by atoms with Crippen LogP contribution in [0.5, 0.6) is 0 Å². The molecular weight excluding hydrogens is 845 g/mol. The molecule has 2 fully saturated rings. The number of likely N-dealkylation sites (tertiary alicyclic amines) is 1. The second-order valence-corrected chi connectivity index (χ2v) is 18.2. The van der Waals surface area contributed by atoms with Gasteiger partial charge in [0.15, 0.2) is 0 Å². The van der Waals surface area contributed by atoms with Gasteiger partial charge < -0.3 is 26.2 Å². The Hall–Kier alpha value is -5.37. The predicted molar refractivity (Wildman–Crippen MR) is 269 cm³/mol. The number of fused-ring (bicyclic) bond motifs is 1. The standard InChI is InChI=1S/C35H47N5O5.C8H18.C7H11N3O.C3H8/c1-5-35(3,4)31(37-24(2)41)34(45)40-28-19-13-12-18-27(28)20-29(40)32(43)36-21-30(42)33(44)38-39(22-25-14-8-6-9-15-25)23-26-16-10-7-11-17-26;1-3-5-7-8-6-4-2;1-2-9-7(11)6-5-8-3-4-10-6;1-3-2/h6-11,14-17,27-29,31H,5,12-13,18-23H2,1-4H3,(H,36,43)(H,37,41)(H,38,44);3-8H2,1-2H3;4-5,8H,2-3H2,1H3,(H,9,11);3H2,1-2H3. The van der Waals surface area contributed by atoms with Crippen LogP contribution in [-0.4, -0.2) is 89.2 Å². The van der Waals surface area contributed by atoms with Gasteiger partial charge in [0, 0.05) is 51.6 Å². The molecule has 1 aliphatic carbocycles. The number of carbonyl (C=O) groups excluding carboxylic acids is 6. The van der Waals surface area contributed by atoms with E-state index >= 15 is 0 Å². The number of benzene rings is 2. The van der Waals surface area contributed by atoms with Crippen LogP contribution >= 0.6 is 0 Å². The smallest absolute Gasteiger partial charge is 0.303 e. The van der Waals surface area contributed by atoms with Crippen molar-refractivity contribution in [3.05, 3.63) is 83.7 Å². The van der Waals surface area contributed by atoms with Gasteiger partial charge in [-0.3, -0.25) is 39.2 Å². The lowest BCUT2D eigenvalue weighted by molar-refractivity contribution is -0.147. The largest absolute Gasteiger partial charge is 0.384 e. The molecule has 4 unspecified atom stereocenters. The number of hydrogen-bond donors (Lipinski definition) is 5. The molecule has 1 saturated heterocycles. The second kappa shape index (κ2) is 32.4. The Morgan fingerprint density at radius 3 is 1.87 bits per heavy atom. The van der Waals surface area contributed by atoms with Crippen LogP contribution in [0, 0.1) is 11.3 Å². The van der Waals surface area contributed by atoms with Gasteiger partial charge in [-0.2, -0.15) is 0 Å². The summed E-state index contributed by atoms with van der Waals surface area (Å²) in [5.74, 6) is -2.61. The van der Waals surface area contributed by atoms with E-state index in [4.69, 9.17) is 0 Å². The van der Waals surface area contributed by atoms with Crippen LogP contribution in [-0.2, 0) is 41.9 Å². The van der Waals surface area contributed by atoms with Crippen molar-refractivity contribution in [3.8, 4) is 0 Å². The third kappa shape index (κ3) is 21.0. The summed E-state index contributed by atoms with van der Waals surface area (Å²) in [7, 11) is 0. The molecule has 14 nitrogen and oxygen atoms in total. The minimum Gasteiger partial charge on any atom is -0.384 e. The van der Waals surface area contributed by atoms with Gasteiger partial charge >= 0.3 is 5.91 Å². The fraction of sp³-hybridized carbons (Fsp3) is 0.604. The summed E-state index contributed by atoms with van der Waals surface area (Å²) >= 11 is 0. The molecule has 2 aliphatic heterocycles. The Kier molecular flexibility index (Phi) is 27.9. The van der Waals surface area contributed by atoms with Crippen LogP contribution < -0.4 is 26.7 Å². The summed E-state index contributed by atoms with van der Waals surface area (Å²) in [6, 6.07) is 17.6. The highest BCUT2D eigenvalue weighted by Gasteiger charge is 2.50. The molecule has 4 atom stereocenters. The molecule has 372 valence electrons. The third-order valence-electron chi connectivity index (χ3n) is 12.0. The lowest BCUT2D eigenvalue weighted by atomic mass is 9.80. The maximum Gasteiger partial charge on any atom is 0.303 e. The SMILES string of the molecule is CCC.CCC(C)(C)C(NC(C)=O)C(=O)N1C(C(=O)NCC(=O)C(=O)NN(Cc2ccccc2)Cc2ccccc2)CC2CCCCC21.CCCCCCCC.CCNC(=O)C1=CNCC=N1. The van der Waals surface area contributed by atoms with Crippen LogP contribution in [0.3, 0.4) is 0 Å². The van der Waals surface area contributed by atoms with E-state index in [1.807, 2.05) is 88.4 Å². The fourth-order valence-electron chi connectivity index (χ4n) is 8.09. The lowest BCUT2D eigenvalue weighted by Crippen LogP contribution is -2.60. The molecule has 67 heavy (non-hydrogen) atoms. The minimum absolute atomic E-state index is 0.102. The number of unbranched alkanes of at least 4 members (excludes halogenated alkanes) is 5. The number of amides is 5. The maximum atomic E-state index is 14.1. The average molecular weight is 929 g/mol. The minimum atomic E-state index is -0.828. The molecule has 5 amide bonds. The monoisotopic (exact) mass is 929 g/mol. The van der Waals surface area contributed by atoms with Crippen molar-refractivity contribution in [2.45, 2.75) is 177 Å². The average Bonchev–Trinajstić information content (AvgIpc) is 3.72. The highest BCUT2D eigenvalue weighted by Crippen LogP contribution is 2.41. The van der Waals surface area contributed by atoms with E-state index in [1.54, 1.807) is 22.3 Å². The Bertz CT molecular complexity index is 1810. The van der Waals surface area contributed by atoms with Crippen molar-refractivity contribution in [1.29, 1.82) is 0 Å². The predicted octanol–water partition coefficient (Wildman–Crippen LogP) is 7.93. The Morgan fingerprint density at radius 1 is 0.806 bits per heavy atom. The molecule has 2 aromatic rings. The van der Waals surface area contributed by atoms with Crippen LogP contribution in [0.4, 0.5) is 0 Å². The molecule has 1 saturated carbocycles. The third-order valence-corrected chi connectivity index (χ3v) is 12.0. The first kappa shape index (κ1) is 57.8. The van der Waals surface area contributed by atoms with E-state index in [1.165, 1.54) is 51.9 Å². The van der Waals surface area contributed by atoms with Crippen LogP contribution in [0.1, 0.15) is 157 Å². The first-order chi connectivity index (χ1) is 32.2. The number of rotatable bonds is 20. The van der Waals surface area contributed by atoms with Gasteiger partial charge in [-0.1, -0.05) is 167 Å². The molecular formula is C53H84N8O6. The van der Waals surface area contributed by atoms with Crippen molar-refractivity contribution in [1.82, 2.24) is 36.6 Å². The van der Waals surface area contributed by atoms with E-state index in [2.05, 4.69) is 59.4 Å². The molecule has 2 aromatic carbocycles. The van der Waals surface area contributed by atoms with Crippen molar-refractivity contribution < 1.29 is 28.8 Å². The van der Waals surface area contributed by atoms with Crippen molar-refractivity contribution in [3.63, 3.8) is 0 Å². The van der Waals surface area contributed by atoms with Gasteiger partial charge in [-0.05, 0) is 55.1 Å². The van der Waals surface area contributed by atoms with Crippen LogP contribution in [0.15, 0.2) is 77.6 Å². The number of nitrogens with zero attached hydrogens (tertiary/aromatic N) is 3. The van der Waals surface area contributed by atoms with E-state index in [-0.39, 0.29) is 29.7 Å². The van der Waals surface area contributed by atoms with Crippen molar-refractivity contribution in [2.75, 3.05) is 19.6 Å². The second-order valence-electron chi connectivity index (χ2n) is 18.2. The molecule has 2 heterocycles. The number of hydrazine groups is 1. The van der Waals surface area contributed by atoms with E-state index < -0.39 is 41.6 Å². The molecule has 14 heteroatoms. The van der Waals surface area contributed by atoms with Gasteiger partial charge in [0.1, 0.15) is 17.8 Å². The van der Waals surface area contributed by atoms with Gasteiger partial charge in [0.2, 0.25) is 23.5 Å². The number of nitrogens with one attached hydrogen (secondary N) is 5. The topological polar surface area (TPSA) is 181 Å². The highest BCUT2D eigenvalue weighted by molar-refractivity contribution is 6.37. The molecule has 0 bridgehead atoms. The normalized spacial score (nSPS) is 17.5. The molecule has 5 rings (SSSR count). The summed E-state index contributed by atoms with van der Waals surface area (Å²) < 4.78 is 0. The molecule has 0 aromatic heterocycles.